The molecule has 0 bridgehead atoms. The van der Waals surface area contributed by atoms with Gasteiger partial charge in [-0.1, -0.05) is 27.2 Å². The third kappa shape index (κ3) is 2.98. The lowest BCUT2D eigenvalue weighted by Gasteiger charge is -2.45. The van der Waals surface area contributed by atoms with Crippen LogP contribution in [0.4, 0.5) is 0 Å². The van der Waals surface area contributed by atoms with E-state index < -0.39 is 0 Å². The van der Waals surface area contributed by atoms with E-state index >= 15 is 0 Å². The summed E-state index contributed by atoms with van der Waals surface area (Å²) in [6, 6.07) is 0. The van der Waals surface area contributed by atoms with Gasteiger partial charge in [-0.25, -0.2) is 0 Å². The Balaban J connectivity index is 2.66. The van der Waals surface area contributed by atoms with Crippen molar-refractivity contribution in [2.75, 3.05) is 0 Å². The third-order valence-electron chi connectivity index (χ3n) is 3.34. The van der Waals surface area contributed by atoms with Crippen LogP contribution in [0.1, 0.15) is 59.8 Å². The van der Waals surface area contributed by atoms with Crippen LogP contribution >= 0.6 is 0 Å². The van der Waals surface area contributed by atoms with E-state index in [1.807, 2.05) is 0 Å². The van der Waals surface area contributed by atoms with Gasteiger partial charge < -0.3 is 5.73 Å². The Labute approximate surface area is 83.1 Å². The van der Waals surface area contributed by atoms with E-state index in [0.717, 1.165) is 5.92 Å². The predicted molar refractivity (Wildman–Crippen MR) is 58.6 cm³/mol. The molecule has 1 saturated carbocycles. The van der Waals surface area contributed by atoms with Gasteiger partial charge in [0.15, 0.2) is 0 Å². The zero-order valence-electron chi connectivity index (χ0n) is 9.69. The Morgan fingerprint density at radius 3 is 2.38 bits per heavy atom. The Kier molecular flexibility index (Phi) is 3.06. The van der Waals surface area contributed by atoms with E-state index in [9.17, 15) is 0 Å². The lowest BCUT2D eigenvalue weighted by atomic mass is 9.63. The topological polar surface area (TPSA) is 26.0 Å². The summed E-state index contributed by atoms with van der Waals surface area (Å²) in [6.07, 6.45) is 6.40. The first-order valence-electron chi connectivity index (χ1n) is 5.66. The van der Waals surface area contributed by atoms with E-state index in [0.29, 0.717) is 5.41 Å². The van der Waals surface area contributed by atoms with Gasteiger partial charge in [0.05, 0.1) is 0 Å². The quantitative estimate of drug-likeness (QED) is 0.698. The molecule has 1 heteroatoms. The summed E-state index contributed by atoms with van der Waals surface area (Å²) in [5.74, 6) is 0.806. The number of rotatable bonds is 2. The second-order valence-electron chi connectivity index (χ2n) is 5.90. The fraction of sp³-hybridized carbons (Fsp3) is 1.00. The highest BCUT2D eigenvalue weighted by atomic mass is 14.7. The van der Waals surface area contributed by atoms with Crippen LogP contribution in [0.15, 0.2) is 0 Å². The molecule has 0 aromatic carbocycles. The van der Waals surface area contributed by atoms with Gasteiger partial charge in [-0.15, -0.1) is 0 Å². The van der Waals surface area contributed by atoms with Crippen molar-refractivity contribution in [3.63, 3.8) is 0 Å². The summed E-state index contributed by atoms with van der Waals surface area (Å²) in [5.41, 5.74) is 6.87. The van der Waals surface area contributed by atoms with Gasteiger partial charge in [0.2, 0.25) is 0 Å². The normalized spacial score (nSPS) is 46.4. The van der Waals surface area contributed by atoms with Gasteiger partial charge in [-0.05, 0) is 43.9 Å². The van der Waals surface area contributed by atoms with E-state index in [1.54, 1.807) is 0 Å². The van der Waals surface area contributed by atoms with Gasteiger partial charge in [0, 0.05) is 5.54 Å². The second kappa shape index (κ2) is 3.61. The fourth-order valence-electron chi connectivity index (χ4n) is 3.62. The van der Waals surface area contributed by atoms with Crippen LogP contribution in [0.2, 0.25) is 0 Å². The molecule has 0 spiro atoms. The van der Waals surface area contributed by atoms with Crippen LogP contribution in [0.3, 0.4) is 0 Å². The van der Waals surface area contributed by atoms with Gasteiger partial charge in [-0.2, -0.15) is 0 Å². The van der Waals surface area contributed by atoms with Crippen molar-refractivity contribution in [2.24, 2.45) is 17.1 Å². The maximum Gasteiger partial charge on any atom is 0.0133 e. The van der Waals surface area contributed by atoms with Crippen molar-refractivity contribution in [3.8, 4) is 0 Å². The van der Waals surface area contributed by atoms with Crippen molar-refractivity contribution in [1.29, 1.82) is 0 Å². The first-order chi connectivity index (χ1) is 5.87. The van der Waals surface area contributed by atoms with Crippen LogP contribution in [0.5, 0.6) is 0 Å². The van der Waals surface area contributed by atoms with Crippen LogP contribution in [0, 0.1) is 11.3 Å². The maximum atomic E-state index is 6.27. The minimum Gasteiger partial charge on any atom is -0.325 e. The van der Waals surface area contributed by atoms with Crippen molar-refractivity contribution < 1.29 is 0 Å². The summed E-state index contributed by atoms with van der Waals surface area (Å²) < 4.78 is 0. The highest BCUT2D eigenvalue weighted by Crippen LogP contribution is 2.45. The maximum absolute atomic E-state index is 6.27. The zero-order chi connectivity index (χ0) is 10.1. The predicted octanol–water partition coefficient (Wildman–Crippen LogP) is 3.33. The number of nitrogens with two attached hydrogens (primary N) is 1. The standard InChI is InChI=1S/C12H25N/c1-5-6-11(3)7-10(2)8-12(4,13)9-11/h10H,5-9,13H2,1-4H3. The van der Waals surface area contributed by atoms with E-state index in [2.05, 4.69) is 27.7 Å². The largest absolute Gasteiger partial charge is 0.325 e. The number of hydrogen-bond donors (Lipinski definition) is 1. The fourth-order valence-corrected chi connectivity index (χ4v) is 3.62. The van der Waals surface area contributed by atoms with Crippen molar-refractivity contribution in [2.45, 2.75) is 65.3 Å². The summed E-state index contributed by atoms with van der Waals surface area (Å²) in [7, 11) is 0. The molecule has 0 amide bonds. The van der Waals surface area contributed by atoms with Crippen LogP contribution < -0.4 is 5.73 Å². The molecule has 0 aromatic heterocycles. The van der Waals surface area contributed by atoms with Gasteiger partial charge in [0.1, 0.15) is 0 Å². The van der Waals surface area contributed by atoms with Crippen molar-refractivity contribution in [3.05, 3.63) is 0 Å². The van der Waals surface area contributed by atoms with Crippen LogP contribution in [0.25, 0.3) is 0 Å². The molecule has 1 rings (SSSR count). The second-order valence-corrected chi connectivity index (χ2v) is 5.90. The lowest BCUT2D eigenvalue weighted by Crippen LogP contribution is -2.47. The molecule has 0 aromatic rings. The van der Waals surface area contributed by atoms with Crippen LogP contribution in [-0.2, 0) is 0 Å². The summed E-state index contributed by atoms with van der Waals surface area (Å²) in [5, 5.41) is 0. The molecule has 0 heterocycles. The Morgan fingerprint density at radius 1 is 1.31 bits per heavy atom. The third-order valence-corrected chi connectivity index (χ3v) is 3.34. The smallest absolute Gasteiger partial charge is 0.0133 e. The van der Waals surface area contributed by atoms with E-state index in [-0.39, 0.29) is 5.54 Å². The number of hydrogen-bond acceptors (Lipinski definition) is 1. The highest BCUT2D eigenvalue weighted by molar-refractivity contribution is 4.95. The molecule has 78 valence electrons. The summed E-state index contributed by atoms with van der Waals surface area (Å²) in [6.45, 7) is 9.25. The molecule has 2 N–H and O–H groups in total. The Morgan fingerprint density at radius 2 is 1.92 bits per heavy atom. The molecule has 0 saturated heterocycles. The SMILES string of the molecule is CCCC1(C)CC(C)CC(C)(N)C1. The molecule has 3 unspecified atom stereocenters. The first kappa shape index (κ1) is 11.0. The van der Waals surface area contributed by atoms with Crippen molar-refractivity contribution in [1.82, 2.24) is 0 Å². The molecule has 1 aliphatic rings. The van der Waals surface area contributed by atoms with Gasteiger partial charge in [0.25, 0.3) is 0 Å². The summed E-state index contributed by atoms with van der Waals surface area (Å²) >= 11 is 0. The van der Waals surface area contributed by atoms with Gasteiger partial charge in [-0.3, -0.25) is 0 Å². The molecule has 0 radical (unpaired) electrons. The average Bonchev–Trinajstić information content (AvgIpc) is 1.78. The zero-order valence-corrected chi connectivity index (χ0v) is 9.69. The minimum atomic E-state index is 0.0849. The Hall–Kier alpha value is -0.0400. The molecule has 1 aliphatic carbocycles. The van der Waals surface area contributed by atoms with Crippen molar-refractivity contribution >= 4 is 0 Å². The van der Waals surface area contributed by atoms with Gasteiger partial charge >= 0.3 is 0 Å². The Bertz CT molecular complexity index is 174. The monoisotopic (exact) mass is 183 g/mol. The molecule has 1 nitrogen and oxygen atoms in total. The van der Waals surface area contributed by atoms with Crippen LogP contribution in [-0.4, -0.2) is 5.54 Å². The molecule has 0 aliphatic heterocycles. The molecule has 1 fully saturated rings. The first-order valence-corrected chi connectivity index (χ1v) is 5.66. The minimum absolute atomic E-state index is 0.0849. The highest BCUT2D eigenvalue weighted by Gasteiger charge is 2.39. The molecular weight excluding hydrogens is 158 g/mol. The van der Waals surface area contributed by atoms with E-state index in [4.69, 9.17) is 5.73 Å². The lowest BCUT2D eigenvalue weighted by molar-refractivity contribution is 0.0928. The molecule has 13 heavy (non-hydrogen) atoms. The molecular formula is C12H25N. The average molecular weight is 183 g/mol. The molecule has 3 atom stereocenters. The van der Waals surface area contributed by atoms with E-state index in [1.165, 1.54) is 32.1 Å². The summed E-state index contributed by atoms with van der Waals surface area (Å²) in [4.78, 5) is 0.